The van der Waals surface area contributed by atoms with Crippen molar-refractivity contribution in [2.75, 3.05) is 7.05 Å². The van der Waals surface area contributed by atoms with Crippen molar-refractivity contribution in [3.8, 4) is 0 Å². The second kappa shape index (κ2) is 6.47. The van der Waals surface area contributed by atoms with Crippen LogP contribution in [-0.4, -0.2) is 17.2 Å². The van der Waals surface area contributed by atoms with E-state index in [0.29, 0.717) is 0 Å². The summed E-state index contributed by atoms with van der Waals surface area (Å²) in [6.45, 7) is 0.816. The normalized spacial score (nSPS) is 10.6. The summed E-state index contributed by atoms with van der Waals surface area (Å²) in [5.74, 6) is 0. The van der Waals surface area contributed by atoms with Gasteiger partial charge < -0.3 is 5.32 Å². The summed E-state index contributed by atoms with van der Waals surface area (Å²) >= 11 is 1.71. The van der Waals surface area contributed by atoms with Crippen molar-refractivity contribution in [3.63, 3.8) is 0 Å². The molecule has 0 aliphatic heterocycles. The number of benzene rings is 1. The predicted octanol–water partition coefficient (Wildman–Crippen LogP) is 2.43. The fraction of sp³-hybridized carbons (Fsp3) is 0.385. The molecule has 1 N–H and O–H groups in total. The highest BCUT2D eigenvalue weighted by atomic mass is 32.1. The van der Waals surface area contributed by atoms with E-state index in [1.54, 1.807) is 11.3 Å². The SMILES string of the molecule is CNCc1nnc(CCCc2ccccc2)s1. The van der Waals surface area contributed by atoms with E-state index in [4.69, 9.17) is 0 Å². The Bertz CT molecular complexity index is 439. The zero-order valence-corrected chi connectivity index (χ0v) is 10.8. The Hall–Kier alpha value is -1.26. The number of hydrogen-bond acceptors (Lipinski definition) is 4. The van der Waals surface area contributed by atoms with Gasteiger partial charge in [-0.05, 0) is 25.5 Å². The summed E-state index contributed by atoms with van der Waals surface area (Å²) in [5, 5.41) is 13.6. The summed E-state index contributed by atoms with van der Waals surface area (Å²) in [6, 6.07) is 10.6. The molecule has 3 nitrogen and oxygen atoms in total. The molecule has 0 saturated carbocycles. The Kier molecular flexibility index (Phi) is 4.64. The van der Waals surface area contributed by atoms with Gasteiger partial charge in [-0.3, -0.25) is 0 Å². The lowest BCUT2D eigenvalue weighted by Gasteiger charge is -1.98. The molecule has 0 radical (unpaired) electrons. The molecule has 0 bridgehead atoms. The highest BCUT2D eigenvalue weighted by molar-refractivity contribution is 7.11. The Labute approximate surface area is 106 Å². The zero-order chi connectivity index (χ0) is 11.9. The Morgan fingerprint density at radius 1 is 1.06 bits per heavy atom. The lowest BCUT2D eigenvalue weighted by atomic mass is 10.1. The maximum Gasteiger partial charge on any atom is 0.131 e. The molecule has 0 atom stereocenters. The van der Waals surface area contributed by atoms with Gasteiger partial charge in [-0.1, -0.05) is 30.3 Å². The van der Waals surface area contributed by atoms with E-state index in [0.717, 1.165) is 35.8 Å². The zero-order valence-electron chi connectivity index (χ0n) is 10.0. The van der Waals surface area contributed by atoms with E-state index in [2.05, 4.69) is 45.8 Å². The molecule has 0 amide bonds. The number of rotatable bonds is 6. The molecule has 90 valence electrons. The van der Waals surface area contributed by atoms with Crippen LogP contribution in [0.4, 0.5) is 0 Å². The highest BCUT2D eigenvalue weighted by Gasteiger charge is 2.03. The number of aryl methyl sites for hydroxylation is 2. The first-order valence-electron chi connectivity index (χ1n) is 5.88. The lowest BCUT2D eigenvalue weighted by molar-refractivity contribution is 0.776. The molecule has 0 aliphatic rings. The molecule has 0 spiro atoms. The molecule has 1 aromatic heterocycles. The molecular formula is C13H17N3S. The molecule has 0 saturated heterocycles. The maximum atomic E-state index is 4.19. The minimum atomic E-state index is 0.816. The van der Waals surface area contributed by atoms with Crippen LogP contribution in [0, 0.1) is 0 Å². The Morgan fingerprint density at radius 3 is 2.59 bits per heavy atom. The van der Waals surface area contributed by atoms with Crippen LogP contribution in [0.25, 0.3) is 0 Å². The summed E-state index contributed by atoms with van der Waals surface area (Å²) < 4.78 is 0. The molecule has 1 aromatic carbocycles. The van der Waals surface area contributed by atoms with Gasteiger partial charge in [0.05, 0.1) is 0 Å². The minimum Gasteiger partial charge on any atom is -0.313 e. The number of aromatic nitrogens is 2. The average Bonchev–Trinajstić information content (AvgIpc) is 2.79. The molecule has 0 fully saturated rings. The van der Waals surface area contributed by atoms with Crippen LogP contribution in [0.5, 0.6) is 0 Å². The highest BCUT2D eigenvalue weighted by Crippen LogP contribution is 2.13. The van der Waals surface area contributed by atoms with E-state index in [-0.39, 0.29) is 0 Å². The van der Waals surface area contributed by atoms with Gasteiger partial charge in [-0.15, -0.1) is 21.5 Å². The Balaban J connectivity index is 1.78. The third-order valence-electron chi connectivity index (χ3n) is 2.54. The first-order chi connectivity index (χ1) is 8.38. The number of hydrogen-bond donors (Lipinski definition) is 1. The van der Waals surface area contributed by atoms with Crippen molar-refractivity contribution in [3.05, 3.63) is 45.9 Å². The van der Waals surface area contributed by atoms with Crippen LogP contribution < -0.4 is 5.32 Å². The summed E-state index contributed by atoms with van der Waals surface area (Å²) in [4.78, 5) is 0. The molecule has 2 aromatic rings. The lowest BCUT2D eigenvalue weighted by Crippen LogP contribution is -2.04. The fourth-order valence-electron chi connectivity index (χ4n) is 1.70. The van der Waals surface area contributed by atoms with Crippen LogP contribution in [-0.2, 0) is 19.4 Å². The average molecular weight is 247 g/mol. The molecule has 17 heavy (non-hydrogen) atoms. The first-order valence-corrected chi connectivity index (χ1v) is 6.70. The minimum absolute atomic E-state index is 0.816. The van der Waals surface area contributed by atoms with Crippen molar-refractivity contribution in [1.82, 2.24) is 15.5 Å². The summed E-state index contributed by atoms with van der Waals surface area (Å²) in [5.41, 5.74) is 1.40. The van der Waals surface area contributed by atoms with Crippen LogP contribution >= 0.6 is 11.3 Å². The van der Waals surface area contributed by atoms with E-state index in [9.17, 15) is 0 Å². The van der Waals surface area contributed by atoms with Crippen molar-refractivity contribution in [2.24, 2.45) is 0 Å². The van der Waals surface area contributed by atoms with Gasteiger partial charge in [0, 0.05) is 13.0 Å². The quantitative estimate of drug-likeness (QED) is 0.852. The topological polar surface area (TPSA) is 37.8 Å². The van der Waals surface area contributed by atoms with Gasteiger partial charge in [0.15, 0.2) is 0 Å². The number of nitrogens with one attached hydrogen (secondary N) is 1. The van der Waals surface area contributed by atoms with Crippen LogP contribution in [0.1, 0.15) is 22.0 Å². The first kappa shape index (κ1) is 12.2. The molecule has 0 unspecified atom stereocenters. The summed E-state index contributed by atoms with van der Waals surface area (Å²) in [7, 11) is 1.93. The van der Waals surface area contributed by atoms with E-state index >= 15 is 0 Å². The molecular weight excluding hydrogens is 230 g/mol. The number of nitrogens with zero attached hydrogens (tertiary/aromatic N) is 2. The monoisotopic (exact) mass is 247 g/mol. The standard InChI is InChI=1S/C13H17N3S/c1-14-10-13-16-15-12(17-13)9-5-8-11-6-3-2-4-7-11/h2-4,6-7,14H,5,8-10H2,1H3. The smallest absolute Gasteiger partial charge is 0.131 e. The molecule has 2 rings (SSSR count). The van der Waals surface area contributed by atoms with Gasteiger partial charge in [0.1, 0.15) is 10.0 Å². The third kappa shape index (κ3) is 3.91. The van der Waals surface area contributed by atoms with E-state index in [1.165, 1.54) is 5.56 Å². The fourth-order valence-corrected chi connectivity index (χ4v) is 2.60. The largest absolute Gasteiger partial charge is 0.313 e. The van der Waals surface area contributed by atoms with Crippen LogP contribution in [0.3, 0.4) is 0 Å². The van der Waals surface area contributed by atoms with Gasteiger partial charge in [0.2, 0.25) is 0 Å². The van der Waals surface area contributed by atoms with E-state index in [1.807, 2.05) is 7.05 Å². The van der Waals surface area contributed by atoms with E-state index < -0.39 is 0 Å². The molecule has 1 heterocycles. The predicted molar refractivity (Wildman–Crippen MR) is 71.1 cm³/mol. The Morgan fingerprint density at radius 2 is 1.82 bits per heavy atom. The van der Waals surface area contributed by atoms with Gasteiger partial charge in [0.25, 0.3) is 0 Å². The van der Waals surface area contributed by atoms with Crippen molar-refractivity contribution >= 4 is 11.3 Å². The molecule has 4 heteroatoms. The summed E-state index contributed by atoms with van der Waals surface area (Å²) in [6.07, 6.45) is 3.27. The van der Waals surface area contributed by atoms with Gasteiger partial charge in [-0.25, -0.2) is 0 Å². The molecule has 0 aliphatic carbocycles. The van der Waals surface area contributed by atoms with Gasteiger partial charge in [-0.2, -0.15) is 0 Å². The maximum absolute atomic E-state index is 4.19. The van der Waals surface area contributed by atoms with Crippen molar-refractivity contribution in [1.29, 1.82) is 0 Å². The second-order valence-electron chi connectivity index (χ2n) is 3.96. The van der Waals surface area contributed by atoms with Crippen molar-refractivity contribution < 1.29 is 0 Å². The third-order valence-corrected chi connectivity index (χ3v) is 3.52. The van der Waals surface area contributed by atoms with Crippen LogP contribution in [0.2, 0.25) is 0 Å². The van der Waals surface area contributed by atoms with Gasteiger partial charge >= 0.3 is 0 Å². The van der Waals surface area contributed by atoms with Crippen molar-refractivity contribution in [2.45, 2.75) is 25.8 Å². The van der Waals surface area contributed by atoms with Crippen LogP contribution in [0.15, 0.2) is 30.3 Å². The second-order valence-corrected chi connectivity index (χ2v) is 5.11.